The highest BCUT2D eigenvalue weighted by Gasteiger charge is 2.49. The van der Waals surface area contributed by atoms with Crippen LogP contribution in [0.2, 0.25) is 0 Å². The molecule has 0 unspecified atom stereocenters. The van der Waals surface area contributed by atoms with Crippen LogP contribution < -0.4 is 9.54 Å². The number of nitrogens with zero attached hydrogens (tertiary/aromatic N) is 1. The number of hydrogen-bond acceptors (Lipinski definition) is 6. The van der Waals surface area contributed by atoms with Crippen molar-refractivity contribution in [3.05, 3.63) is 76.7 Å². The molecular weight excluding hydrogens is 621 g/mol. The number of carboxylic acid groups (broad SMARTS) is 1. The summed E-state index contributed by atoms with van der Waals surface area (Å²) < 4.78 is 103. The number of aliphatic carboxylic acids is 1. The maximum atomic E-state index is 15.8. The number of aryl methyl sites for hydroxylation is 1. The summed E-state index contributed by atoms with van der Waals surface area (Å²) in [5, 5.41) is 9.21. The van der Waals surface area contributed by atoms with E-state index in [0.29, 0.717) is 33.7 Å². The summed E-state index contributed by atoms with van der Waals surface area (Å²) in [6, 6.07) is 10.8. The summed E-state index contributed by atoms with van der Waals surface area (Å²) >= 11 is 0. The van der Waals surface area contributed by atoms with Crippen molar-refractivity contribution in [2.24, 2.45) is 10.4 Å². The summed E-state index contributed by atoms with van der Waals surface area (Å²) in [6.07, 6.45) is 2.09. The van der Waals surface area contributed by atoms with Crippen LogP contribution in [-0.4, -0.2) is 31.5 Å². The van der Waals surface area contributed by atoms with Crippen LogP contribution in [0.25, 0.3) is 39.0 Å². The Kier molecular flexibility index (Phi) is 9.16. The van der Waals surface area contributed by atoms with E-state index in [2.05, 4.69) is 9.18 Å². The summed E-state index contributed by atoms with van der Waals surface area (Å²) in [7, 11) is -6.42. The molecule has 240 valence electrons. The Bertz CT molecular complexity index is 1970. The minimum absolute atomic E-state index is 0.000169. The normalized spacial score (nSPS) is 13.6. The zero-order valence-corrected chi connectivity index (χ0v) is 25.8. The highest BCUT2D eigenvalue weighted by Crippen LogP contribution is 2.45. The van der Waals surface area contributed by atoms with Gasteiger partial charge in [0, 0.05) is 41.1 Å². The van der Waals surface area contributed by atoms with Crippen LogP contribution in [0.4, 0.5) is 22.0 Å². The van der Waals surface area contributed by atoms with Crippen molar-refractivity contribution in [2.45, 2.75) is 53.0 Å². The van der Waals surface area contributed by atoms with Crippen LogP contribution in [0.1, 0.15) is 51.7 Å². The molecule has 0 saturated carbocycles. The van der Waals surface area contributed by atoms with E-state index in [0.717, 1.165) is 5.57 Å². The maximum absolute atomic E-state index is 15.8. The van der Waals surface area contributed by atoms with Crippen molar-refractivity contribution < 1.29 is 48.9 Å². The largest absolute Gasteiger partial charge is 0.534 e. The molecule has 0 atom stereocenters. The van der Waals surface area contributed by atoms with Gasteiger partial charge >= 0.3 is 21.6 Å². The van der Waals surface area contributed by atoms with Crippen molar-refractivity contribution in [1.82, 2.24) is 0 Å². The van der Waals surface area contributed by atoms with Gasteiger partial charge in [-0.25, -0.2) is 4.39 Å². The lowest BCUT2D eigenvalue weighted by Gasteiger charge is -2.20. The third-order valence-corrected chi connectivity index (χ3v) is 7.73. The van der Waals surface area contributed by atoms with Crippen LogP contribution >= 0.6 is 0 Å². The Hall–Kier alpha value is -4.26. The molecule has 2 aromatic rings. The lowest BCUT2D eigenvalue weighted by atomic mass is 9.87. The van der Waals surface area contributed by atoms with Crippen molar-refractivity contribution in [1.29, 1.82) is 0 Å². The number of fused-ring (bicyclic) bond motifs is 2. The molecule has 0 aromatic heterocycles. The van der Waals surface area contributed by atoms with Crippen molar-refractivity contribution in [3.63, 3.8) is 0 Å². The quantitative estimate of drug-likeness (QED) is 0.0677. The van der Waals surface area contributed by atoms with Crippen molar-refractivity contribution >= 4 is 32.6 Å². The number of alkyl halides is 3. The van der Waals surface area contributed by atoms with E-state index in [-0.39, 0.29) is 41.5 Å². The van der Waals surface area contributed by atoms with Gasteiger partial charge in [-0.15, -0.1) is 0 Å². The first-order valence-electron chi connectivity index (χ1n) is 13.7. The Balaban J connectivity index is 2.15. The van der Waals surface area contributed by atoms with Gasteiger partial charge in [-0.3, -0.25) is 9.79 Å². The third-order valence-electron chi connectivity index (χ3n) is 6.78. The lowest BCUT2D eigenvalue weighted by molar-refractivity contribution is -0.137. The average Bonchev–Trinajstić information content (AvgIpc) is 2.91. The summed E-state index contributed by atoms with van der Waals surface area (Å²) in [6.45, 7) is 9.72. The average molecular weight is 652 g/mol. The molecule has 1 N–H and O–H groups in total. The number of halogens is 5. The van der Waals surface area contributed by atoms with E-state index in [1.165, 1.54) is 6.07 Å². The van der Waals surface area contributed by atoms with E-state index < -0.39 is 44.6 Å². The van der Waals surface area contributed by atoms with Gasteiger partial charge in [0.15, 0.2) is 11.4 Å². The maximum Gasteiger partial charge on any atom is 0.534 e. The van der Waals surface area contributed by atoms with E-state index in [1.54, 1.807) is 37.3 Å². The van der Waals surface area contributed by atoms with Crippen LogP contribution in [0, 0.1) is 24.0 Å². The monoisotopic (exact) mass is 651 g/mol. The number of rotatable bonds is 8. The van der Waals surface area contributed by atoms with Crippen molar-refractivity contribution in [3.8, 4) is 28.2 Å². The Morgan fingerprint density at radius 1 is 1.07 bits per heavy atom. The smallest absolute Gasteiger partial charge is 0.481 e. The molecule has 0 amide bonds. The summed E-state index contributed by atoms with van der Waals surface area (Å²) in [5.41, 5.74) is -3.65. The van der Waals surface area contributed by atoms with Crippen LogP contribution in [0.5, 0.6) is 5.75 Å². The van der Waals surface area contributed by atoms with Gasteiger partial charge in [-0.1, -0.05) is 51.1 Å². The number of hydrogen-bond donors (Lipinski definition) is 1. The fraction of sp³-hybridized carbons (Fsp3) is 0.312. The second-order valence-corrected chi connectivity index (χ2v) is 13.1. The van der Waals surface area contributed by atoms with Crippen LogP contribution in [-0.2, 0) is 14.9 Å². The highest BCUT2D eigenvalue weighted by atomic mass is 32.2. The second kappa shape index (κ2) is 12.3. The van der Waals surface area contributed by atoms with Crippen LogP contribution in [0.15, 0.2) is 58.0 Å². The van der Waals surface area contributed by atoms with Gasteiger partial charge in [0.25, 0.3) is 0 Å². The molecule has 0 saturated heterocycles. The number of carboxylic acids is 1. The van der Waals surface area contributed by atoms with Crippen molar-refractivity contribution in [2.75, 3.05) is 6.54 Å². The number of allylic oxidation sites excluding steroid dienone is 2. The minimum Gasteiger partial charge on any atom is -0.481 e. The van der Waals surface area contributed by atoms with Gasteiger partial charge < -0.3 is 13.7 Å². The first-order chi connectivity index (χ1) is 20.8. The molecule has 1 heterocycles. The summed E-state index contributed by atoms with van der Waals surface area (Å²) in [4.78, 5) is 15.6. The van der Waals surface area contributed by atoms with E-state index in [1.807, 2.05) is 33.8 Å². The van der Waals surface area contributed by atoms with E-state index >= 15 is 8.78 Å². The van der Waals surface area contributed by atoms with Gasteiger partial charge in [-0.2, -0.15) is 26.0 Å². The predicted octanol–water partition coefficient (Wildman–Crippen LogP) is 8.23. The zero-order valence-electron chi connectivity index (χ0n) is 25.0. The molecule has 4 rings (SSSR count). The highest BCUT2D eigenvalue weighted by molar-refractivity contribution is 7.88. The SMILES string of the molecule is C/C(=C/C(C)(C)C)c1cc2c(-c3ccccc3C)c3cc(F)c(OS(=O)(=O)C(F)(F)F)c(F)c3oc-2c/c1=N\CCCC(=O)O. The van der Waals surface area contributed by atoms with Gasteiger partial charge in [0.05, 0.1) is 5.36 Å². The fourth-order valence-electron chi connectivity index (χ4n) is 4.95. The molecule has 7 nitrogen and oxygen atoms in total. The molecule has 45 heavy (non-hydrogen) atoms. The molecule has 2 aromatic carbocycles. The molecule has 2 aliphatic rings. The summed E-state index contributed by atoms with van der Waals surface area (Å²) in [5.74, 6) is -6.27. The number of carbonyl (C=O) groups is 1. The fourth-order valence-corrected chi connectivity index (χ4v) is 5.42. The molecular formula is C32H30F5NO6S. The second-order valence-electron chi connectivity index (χ2n) is 11.6. The standard InChI is InChI=1S/C32H30F5NO6S/c1-17-9-6-7-10-19(17)27-21-13-20(18(2)16-31(3,4)5)24(38-12-8-11-26(39)40)15-25(21)43-29-22(27)14-23(33)30(28(29)34)44-45(41,42)32(35,36)37/h6-7,9-10,13-16H,8,11-12H2,1-5H3,(H,39,40)/b18-16-,38-24+. The van der Waals surface area contributed by atoms with Gasteiger partial charge in [0.1, 0.15) is 5.76 Å². The molecule has 13 heteroatoms. The molecule has 0 bridgehead atoms. The first-order valence-corrected chi connectivity index (χ1v) is 15.1. The third kappa shape index (κ3) is 7.19. The van der Waals surface area contributed by atoms with E-state index in [9.17, 15) is 26.4 Å². The van der Waals surface area contributed by atoms with Gasteiger partial charge in [0.2, 0.25) is 11.6 Å². The molecule has 0 fully saturated rings. The molecule has 0 spiro atoms. The lowest BCUT2D eigenvalue weighted by Crippen LogP contribution is -2.28. The molecule has 1 aliphatic carbocycles. The van der Waals surface area contributed by atoms with Gasteiger partial charge in [-0.05, 0) is 54.5 Å². The Morgan fingerprint density at radius 3 is 2.33 bits per heavy atom. The van der Waals surface area contributed by atoms with E-state index in [4.69, 9.17) is 9.52 Å². The number of benzene rings is 3. The predicted molar refractivity (Wildman–Crippen MR) is 159 cm³/mol. The molecule has 1 aliphatic heterocycles. The topological polar surface area (TPSA) is 106 Å². The van der Waals surface area contributed by atoms with Crippen LogP contribution in [0.3, 0.4) is 0 Å². The Labute approximate surface area is 256 Å². The molecule has 0 radical (unpaired) electrons. The first kappa shape index (κ1) is 33.6. The zero-order chi connectivity index (χ0) is 33.5. The Morgan fingerprint density at radius 2 is 1.73 bits per heavy atom. The minimum atomic E-state index is -6.42.